The molecule has 0 unspecified atom stereocenters. The number of hydrogen-bond acceptors (Lipinski definition) is 8. The van der Waals surface area contributed by atoms with Crippen molar-refractivity contribution in [3.8, 4) is 5.75 Å². The van der Waals surface area contributed by atoms with E-state index in [2.05, 4.69) is 15.5 Å². The molecule has 5 amide bonds. The third kappa shape index (κ3) is 4.00. The highest BCUT2D eigenvalue weighted by Crippen LogP contribution is 2.31. The van der Waals surface area contributed by atoms with E-state index in [0.717, 1.165) is 22.6 Å². The maximum absolute atomic E-state index is 12.4. The first kappa shape index (κ1) is 19.6. The van der Waals surface area contributed by atoms with Crippen LogP contribution >= 0.6 is 0 Å². The lowest BCUT2D eigenvalue weighted by molar-refractivity contribution is -0.143. The van der Waals surface area contributed by atoms with Crippen LogP contribution in [-0.4, -0.2) is 57.3 Å². The van der Waals surface area contributed by atoms with E-state index in [9.17, 15) is 19.2 Å². The van der Waals surface area contributed by atoms with Crippen LogP contribution < -0.4 is 10.1 Å². The highest BCUT2D eigenvalue weighted by atomic mass is 16.5. The summed E-state index contributed by atoms with van der Waals surface area (Å²) in [5, 5.41) is 6.39. The zero-order valence-corrected chi connectivity index (χ0v) is 16.2. The molecular weight excluding hydrogens is 394 g/mol. The summed E-state index contributed by atoms with van der Waals surface area (Å²) in [6.45, 7) is -0.0796. The van der Waals surface area contributed by atoms with Crippen molar-refractivity contribution < 1.29 is 28.4 Å². The molecule has 1 aromatic heterocycles. The summed E-state index contributed by atoms with van der Waals surface area (Å²) in [6.07, 6.45) is 1.69. The van der Waals surface area contributed by atoms with Crippen molar-refractivity contribution in [3.05, 3.63) is 36.0 Å². The minimum atomic E-state index is -0.922. The summed E-state index contributed by atoms with van der Waals surface area (Å²) in [6, 6.07) is 6.23. The van der Waals surface area contributed by atoms with E-state index in [1.807, 2.05) is 0 Å². The van der Waals surface area contributed by atoms with Crippen LogP contribution in [0.2, 0.25) is 0 Å². The number of ether oxygens (including phenoxy) is 1. The van der Waals surface area contributed by atoms with Gasteiger partial charge in [-0.1, -0.05) is 17.3 Å². The Morgan fingerprint density at radius 3 is 2.67 bits per heavy atom. The number of para-hydroxylation sites is 2. The van der Waals surface area contributed by atoms with Gasteiger partial charge in [-0.3, -0.25) is 19.3 Å². The van der Waals surface area contributed by atoms with Crippen molar-refractivity contribution in [1.82, 2.24) is 19.9 Å². The highest BCUT2D eigenvalue weighted by molar-refractivity contribution is 6.44. The van der Waals surface area contributed by atoms with Crippen molar-refractivity contribution in [2.45, 2.75) is 25.8 Å². The SMILES string of the molecule is COc1ccccc1NC(=O)Cc1noc(CN2C(=O)C(=O)N(CC3CC3)C2=O)n1. The minimum absolute atomic E-state index is 0.0436. The van der Waals surface area contributed by atoms with Gasteiger partial charge in [-0.05, 0) is 30.9 Å². The minimum Gasteiger partial charge on any atom is -0.495 e. The molecule has 0 spiro atoms. The molecule has 2 aromatic rings. The third-order valence-electron chi connectivity index (χ3n) is 4.78. The number of benzene rings is 1. The maximum Gasteiger partial charge on any atom is 0.334 e. The van der Waals surface area contributed by atoms with Crippen molar-refractivity contribution in [3.63, 3.8) is 0 Å². The number of rotatable bonds is 8. The first-order chi connectivity index (χ1) is 14.5. The Morgan fingerprint density at radius 2 is 1.93 bits per heavy atom. The molecule has 4 rings (SSSR count). The van der Waals surface area contributed by atoms with Crippen molar-refractivity contribution in [2.24, 2.45) is 5.92 Å². The Balaban J connectivity index is 1.37. The number of nitrogens with zero attached hydrogens (tertiary/aromatic N) is 4. The summed E-state index contributed by atoms with van der Waals surface area (Å²) in [5.41, 5.74) is 0.497. The smallest absolute Gasteiger partial charge is 0.334 e. The Labute approximate surface area is 171 Å². The van der Waals surface area contributed by atoms with E-state index in [1.54, 1.807) is 24.3 Å². The molecule has 1 saturated heterocycles. The number of urea groups is 1. The highest BCUT2D eigenvalue weighted by Gasteiger charge is 2.46. The van der Waals surface area contributed by atoms with Gasteiger partial charge in [-0.25, -0.2) is 9.69 Å². The van der Waals surface area contributed by atoms with Gasteiger partial charge < -0.3 is 14.6 Å². The van der Waals surface area contributed by atoms with E-state index in [1.165, 1.54) is 7.11 Å². The Bertz CT molecular complexity index is 1010. The predicted octanol–water partition coefficient (Wildman–Crippen LogP) is 0.960. The molecule has 0 radical (unpaired) electrons. The molecule has 30 heavy (non-hydrogen) atoms. The molecule has 2 aliphatic rings. The second-order valence-corrected chi connectivity index (χ2v) is 7.06. The topological polar surface area (TPSA) is 135 Å². The molecule has 0 bridgehead atoms. The third-order valence-corrected chi connectivity index (χ3v) is 4.78. The van der Waals surface area contributed by atoms with Gasteiger partial charge in [0.2, 0.25) is 11.8 Å². The number of methoxy groups -OCH3 is 1. The molecule has 11 heteroatoms. The molecule has 156 valence electrons. The zero-order chi connectivity index (χ0) is 21.3. The number of nitrogens with one attached hydrogen (secondary N) is 1. The number of carbonyl (C=O) groups is 4. The summed E-state index contributed by atoms with van der Waals surface area (Å²) >= 11 is 0. The van der Waals surface area contributed by atoms with Crippen LogP contribution in [0, 0.1) is 5.92 Å². The predicted molar refractivity (Wildman–Crippen MR) is 100 cm³/mol. The summed E-state index contributed by atoms with van der Waals surface area (Å²) < 4.78 is 10.2. The second kappa shape index (κ2) is 7.93. The van der Waals surface area contributed by atoms with Crippen LogP contribution in [0.5, 0.6) is 5.75 Å². The monoisotopic (exact) mass is 413 g/mol. The Hall–Kier alpha value is -3.76. The second-order valence-electron chi connectivity index (χ2n) is 7.06. The van der Waals surface area contributed by atoms with Gasteiger partial charge in [-0.15, -0.1) is 0 Å². The molecule has 1 aliphatic carbocycles. The van der Waals surface area contributed by atoms with Crippen molar-refractivity contribution >= 4 is 29.4 Å². The lowest BCUT2D eigenvalue weighted by atomic mass is 10.2. The Morgan fingerprint density at radius 1 is 1.20 bits per heavy atom. The molecule has 11 nitrogen and oxygen atoms in total. The van der Waals surface area contributed by atoms with Gasteiger partial charge in [-0.2, -0.15) is 4.98 Å². The molecule has 2 heterocycles. The molecule has 1 saturated carbocycles. The first-order valence-electron chi connectivity index (χ1n) is 9.38. The summed E-state index contributed by atoms with van der Waals surface area (Å²) in [5.74, 6) is -1.35. The van der Waals surface area contributed by atoms with Crippen LogP contribution in [-0.2, 0) is 27.3 Å². The van der Waals surface area contributed by atoms with E-state index in [0.29, 0.717) is 11.4 Å². The van der Waals surface area contributed by atoms with Gasteiger partial charge in [0, 0.05) is 6.54 Å². The molecule has 1 N–H and O–H groups in total. The quantitative estimate of drug-likeness (QED) is 0.499. The number of imide groups is 2. The zero-order valence-electron chi connectivity index (χ0n) is 16.2. The van der Waals surface area contributed by atoms with Crippen LogP contribution in [0.3, 0.4) is 0 Å². The number of anilines is 1. The molecular formula is C19H19N5O6. The van der Waals surface area contributed by atoms with E-state index in [4.69, 9.17) is 9.26 Å². The fourth-order valence-electron chi connectivity index (χ4n) is 3.06. The van der Waals surface area contributed by atoms with Crippen molar-refractivity contribution in [1.29, 1.82) is 0 Å². The van der Waals surface area contributed by atoms with Crippen LogP contribution in [0.4, 0.5) is 10.5 Å². The molecule has 0 atom stereocenters. The molecule has 2 fully saturated rings. The van der Waals surface area contributed by atoms with Crippen LogP contribution in [0.15, 0.2) is 28.8 Å². The molecule has 1 aliphatic heterocycles. The van der Waals surface area contributed by atoms with Gasteiger partial charge in [0.25, 0.3) is 0 Å². The van der Waals surface area contributed by atoms with Crippen molar-refractivity contribution in [2.75, 3.05) is 19.0 Å². The normalized spacial score (nSPS) is 16.4. The number of aromatic nitrogens is 2. The molecule has 1 aromatic carbocycles. The summed E-state index contributed by atoms with van der Waals surface area (Å²) in [4.78, 5) is 54.6. The number of hydrogen-bond donors (Lipinski definition) is 1. The first-order valence-corrected chi connectivity index (χ1v) is 9.38. The van der Waals surface area contributed by atoms with E-state index < -0.39 is 23.8 Å². The maximum atomic E-state index is 12.4. The van der Waals surface area contributed by atoms with Gasteiger partial charge >= 0.3 is 17.8 Å². The lowest BCUT2D eigenvalue weighted by Gasteiger charge is -2.13. The average molecular weight is 413 g/mol. The van der Waals surface area contributed by atoms with Gasteiger partial charge in [0.1, 0.15) is 12.3 Å². The Kier molecular flexibility index (Phi) is 5.17. The van der Waals surface area contributed by atoms with E-state index in [-0.39, 0.29) is 37.1 Å². The van der Waals surface area contributed by atoms with Gasteiger partial charge in [0.05, 0.1) is 19.2 Å². The van der Waals surface area contributed by atoms with Crippen LogP contribution in [0.25, 0.3) is 0 Å². The number of amides is 5. The average Bonchev–Trinajstić information content (AvgIpc) is 3.42. The van der Waals surface area contributed by atoms with E-state index >= 15 is 0 Å². The fourth-order valence-corrected chi connectivity index (χ4v) is 3.06. The largest absolute Gasteiger partial charge is 0.495 e. The summed E-state index contributed by atoms with van der Waals surface area (Å²) in [7, 11) is 1.49. The fraction of sp³-hybridized carbons (Fsp3) is 0.368. The standard InChI is InChI=1S/C19H19N5O6/c1-29-13-5-3-2-4-12(13)20-15(25)8-14-21-16(30-22-14)10-24-18(27)17(26)23(19(24)28)9-11-6-7-11/h2-5,11H,6-10H2,1H3,(H,20,25). The number of carbonyl (C=O) groups excluding carboxylic acids is 4. The van der Waals surface area contributed by atoms with Gasteiger partial charge in [0.15, 0.2) is 5.82 Å². The van der Waals surface area contributed by atoms with Crippen LogP contribution in [0.1, 0.15) is 24.6 Å². The lowest BCUT2D eigenvalue weighted by Crippen LogP contribution is -2.34.